The van der Waals surface area contributed by atoms with E-state index < -0.39 is 5.97 Å². The molecule has 0 amide bonds. The van der Waals surface area contributed by atoms with Gasteiger partial charge in [-0.25, -0.2) is 4.79 Å². The molecule has 0 fully saturated rings. The van der Waals surface area contributed by atoms with Crippen LogP contribution < -0.4 is 4.74 Å². The van der Waals surface area contributed by atoms with Gasteiger partial charge in [-0.1, -0.05) is 62.8 Å². The van der Waals surface area contributed by atoms with Crippen LogP contribution in [0.4, 0.5) is 0 Å². The van der Waals surface area contributed by atoms with Crippen LogP contribution in [0, 0.1) is 11.3 Å². The van der Waals surface area contributed by atoms with Crippen LogP contribution in [0.15, 0.2) is 66.7 Å². The van der Waals surface area contributed by atoms with E-state index in [9.17, 15) is 15.0 Å². The van der Waals surface area contributed by atoms with Crippen LogP contribution in [0.5, 0.6) is 17.2 Å². The highest BCUT2D eigenvalue weighted by atomic mass is 16.5. The second-order valence-corrected chi connectivity index (χ2v) is 8.73. The second-order valence-electron chi connectivity index (χ2n) is 8.73. The molecule has 0 aliphatic rings. The van der Waals surface area contributed by atoms with Crippen molar-refractivity contribution in [1.82, 2.24) is 0 Å². The summed E-state index contributed by atoms with van der Waals surface area (Å²) >= 11 is 0. The van der Waals surface area contributed by atoms with Crippen LogP contribution in [0.1, 0.15) is 67.3 Å². The summed E-state index contributed by atoms with van der Waals surface area (Å²) in [7, 11) is 0. The Balaban J connectivity index is 1.17. The van der Waals surface area contributed by atoms with E-state index in [0.717, 1.165) is 55.4 Å². The third-order valence-corrected chi connectivity index (χ3v) is 5.94. The molecule has 188 valence electrons. The fourth-order valence-electron chi connectivity index (χ4n) is 3.87. The summed E-state index contributed by atoms with van der Waals surface area (Å²) in [6.45, 7) is 1.01. The third-order valence-electron chi connectivity index (χ3n) is 5.94. The molecule has 0 heterocycles. The lowest BCUT2D eigenvalue weighted by Crippen LogP contribution is -2.06. The molecule has 0 bridgehead atoms. The lowest BCUT2D eigenvalue weighted by molar-refractivity contribution is 0.0494. The molecule has 0 aromatic heterocycles. The summed E-state index contributed by atoms with van der Waals surface area (Å²) in [5.41, 5.74) is 2.82. The fraction of sp³-hybridized carbons (Fsp3) is 0.333. The standard InChI is InChI=1S/C30H33NO5/c31-22-23-9-11-24(12-10-23)25-13-16-27(17-14-25)35-19-7-5-3-1-2-4-6-8-20-36-30(34)28-21-26(32)15-18-29(28)33/h9-18,21,32-33H,1-8,19-20H2. The van der Waals surface area contributed by atoms with Crippen LogP contribution in [0.25, 0.3) is 11.1 Å². The molecule has 3 aromatic rings. The highest BCUT2D eigenvalue weighted by Crippen LogP contribution is 2.24. The zero-order valence-electron chi connectivity index (χ0n) is 20.5. The van der Waals surface area contributed by atoms with E-state index in [1.807, 2.05) is 48.5 Å². The third kappa shape index (κ3) is 8.66. The maximum Gasteiger partial charge on any atom is 0.342 e. The van der Waals surface area contributed by atoms with E-state index in [0.29, 0.717) is 18.8 Å². The Morgan fingerprint density at radius 2 is 1.28 bits per heavy atom. The van der Waals surface area contributed by atoms with Crippen molar-refractivity contribution in [2.24, 2.45) is 0 Å². The van der Waals surface area contributed by atoms with Crippen LogP contribution in [0.3, 0.4) is 0 Å². The maximum absolute atomic E-state index is 11.9. The minimum absolute atomic E-state index is 0.0147. The number of esters is 1. The first-order chi connectivity index (χ1) is 17.6. The molecule has 2 N–H and O–H groups in total. The Labute approximate surface area is 212 Å². The van der Waals surface area contributed by atoms with Crippen molar-refractivity contribution < 1.29 is 24.5 Å². The van der Waals surface area contributed by atoms with Crippen LogP contribution in [-0.2, 0) is 4.74 Å². The zero-order valence-corrected chi connectivity index (χ0v) is 20.5. The zero-order chi connectivity index (χ0) is 25.6. The lowest BCUT2D eigenvalue weighted by Gasteiger charge is -2.08. The summed E-state index contributed by atoms with van der Waals surface area (Å²) in [5, 5.41) is 28.0. The molecule has 36 heavy (non-hydrogen) atoms. The number of nitriles is 1. The van der Waals surface area contributed by atoms with E-state index in [-0.39, 0.29) is 17.1 Å². The SMILES string of the molecule is N#Cc1ccc(-c2ccc(OCCCCCCCCCCOC(=O)c3cc(O)ccc3O)cc2)cc1. The number of phenols is 2. The van der Waals surface area contributed by atoms with Crippen molar-refractivity contribution in [2.45, 2.75) is 51.4 Å². The molecule has 6 heteroatoms. The van der Waals surface area contributed by atoms with E-state index >= 15 is 0 Å². The Hall–Kier alpha value is -3.98. The minimum atomic E-state index is -0.618. The van der Waals surface area contributed by atoms with Crippen LogP contribution >= 0.6 is 0 Å². The maximum atomic E-state index is 11.9. The Morgan fingerprint density at radius 3 is 1.89 bits per heavy atom. The molecule has 0 saturated heterocycles. The van der Waals surface area contributed by atoms with Gasteiger partial charge in [-0.3, -0.25) is 0 Å². The first-order valence-electron chi connectivity index (χ1n) is 12.5. The van der Waals surface area contributed by atoms with Gasteiger partial charge in [0, 0.05) is 0 Å². The number of hydrogen-bond donors (Lipinski definition) is 2. The quantitative estimate of drug-likeness (QED) is 0.144. The topological polar surface area (TPSA) is 99.8 Å². The summed E-state index contributed by atoms with van der Waals surface area (Å²) < 4.78 is 11.0. The van der Waals surface area contributed by atoms with Gasteiger partial charge in [-0.15, -0.1) is 0 Å². The number of rotatable bonds is 14. The van der Waals surface area contributed by atoms with Gasteiger partial charge in [-0.2, -0.15) is 5.26 Å². The Bertz CT molecular complexity index is 1130. The van der Waals surface area contributed by atoms with E-state index in [1.54, 1.807) is 0 Å². The summed E-state index contributed by atoms with van der Waals surface area (Å²) in [5.74, 6) is -0.0258. The van der Waals surface area contributed by atoms with Crippen molar-refractivity contribution in [3.63, 3.8) is 0 Å². The van der Waals surface area contributed by atoms with Crippen molar-refractivity contribution >= 4 is 5.97 Å². The number of unbranched alkanes of at least 4 members (excludes halogenated alkanes) is 7. The smallest absolute Gasteiger partial charge is 0.342 e. The Morgan fingerprint density at radius 1 is 0.722 bits per heavy atom. The van der Waals surface area contributed by atoms with Crippen molar-refractivity contribution in [2.75, 3.05) is 13.2 Å². The van der Waals surface area contributed by atoms with Crippen LogP contribution in [0.2, 0.25) is 0 Å². The van der Waals surface area contributed by atoms with Gasteiger partial charge in [0.2, 0.25) is 0 Å². The molecule has 0 unspecified atom stereocenters. The van der Waals surface area contributed by atoms with Gasteiger partial charge in [0.25, 0.3) is 0 Å². The Kier molecular flexibility index (Phi) is 10.7. The summed E-state index contributed by atoms with van der Waals surface area (Å²) in [4.78, 5) is 11.9. The molecule has 0 radical (unpaired) electrons. The molecule has 3 aromatic carbocycles. The number of carbonyl (C=O) groups is 1. The van der Waals surface area contributed by atoms with Crippen molar-refractivity contribution in [3.05, 3.63) is 77.9 Å². The van der Waals surface area contributed by atoms with Gasteiger partial charge in [0.15, 0.2) is 0 Å². The number of carbonyl (C=O) groups excluding carboxylic acids is 1. The van der Waals surface area contributed by atoms with E-state index in [2.05, 4.69) is 6.07 Å². The van der Waals surface area contributed by atoms with Crippen molar-refractivity contribution in [3.8, 4) is 34.4 Å². The molecule has 3 rings (SSSR count). The van der Waals surface area contributed by atoms with E-state index in [4.69, 9.17) is 14.7 Å². The number of nitrogens with zero attached hydrogens (tertiary/aromatic N) is 1. The normalized spacial score (nSPS) is 10.5. The molecule has 0 atom stereocenters. The second kappa shape index (κ2) is 14.4. The fourth-order valence-corrected chi connectivity index (χ4v) is 3.87. The molecule has 0 saturated carbocycles. The van der Waals surface area contributed by atoms with Gasteiger partial charge in [0.05, 0.1) is 24.8 Å². The van der Waals surface area contributed by atoms with Gasteiger partial charge in [0.1, 0.15) is 22.8 Å². The first-order valence-corrected chi connectivity index (χ1v) is 12.5. The lowest BCUT2D eigenvalue weighted by atomic mass is 10.0. The minimum Gasteiger partial charge on any atom is -0.508 e. The molecule has 0 aliphatic heterocycles. The van der Waals surface area contributed by atoms with Crippen LogP contribution in [-0.4, -0.2) is 29.4 Å². The number of aromatic hydroxyl groups is 2. The number of hydrogen-bond acceptors (Lipinski definition) is 6. The first kappa shape index (κ1) is 26.6. The largest absolute Gasteiger partial charge is 0.508 e. The highest BCUT2D eigenvalue weighted by molar-refractivity contribution is 5.92. The van der Waals surface area contributed by atoms with Gasteiger partial charge < -0.3 is 19.7 Å². The molecule has 6 nitrogen and oxygen atoms in total. The number of benzene rings is 3. The predicted molar refractivity (Wildman–Crippen MR) is 139 cm³/mol. The predicted octanol–water partition coefficient (Wildman–Crippen LogP) is 6.99. The summed E-state index contributed by atoms with van der Waals surface area (Å²) in [6.07, 6.45) is 8.52. The summed E-state index contributed by atoms with van der Waals surface area (Å²) in [6, 6.07) is 21.5. The average molecular weight is 488 g/mol. The number of phenolic OH excluding ortho intramolecular Hbond substituents is 2. The molecular weight excluding hydrogens is 454 g/mol. The van der Waals surface area contributed by atoms with Gasteiger partial charge in [-0.05, 0) is 66.4 Å². The van der Waals surface area contributed by atoms with Gasteiger partial charge >= 0.3 is 5.97 Å². The monoisotopic (exact) mass is 487 g/mol. The molecule has 0 spiro atoms. The molecule has 0 aliphatic carbocycles. The highest BCUT2D eigenvalue weighted by Gasteiger charge is 2.13. The van der Waals surface area contributed by atoms with Crippen molar-refractivity contribution in [1.29, 1.82) is 5.26 Å². The molecular formula is C30H33NO5. The number of ether oxygens (including phenoxy) is 2. The van der Waals surface area contributed by atoms with E-state index in [1.165, 1.54) is 31.0 Å². The average Bonchev–Trinajstić information content (AvgIpc) is 2.91.